The van der Waals surface area contributed by atoms with Gasteiger partial charge in [0, 0.05) is 11.6 Å². The third-order valence-electron chi connectivity index (χ3n) is 3.64. The van der Waals surface area contributed by atoms with Crippen molar-refractivity contribution in [1.82, 2.24) is 5.32 Å². The molecule has 0 bridgehead atoms. The number of aliphatic hydroxyl groups excluding tert-OH is 1. The number of ether oxygens (including phenoxy) is 2. The molecule has 9 nitrogen and oxygen atoms in total. The number of benzene rings is 1. The SMILES string of the molecule is COc1cc2c(cc1NS(C)(=O)=O)OC(C)(C)[C@H](O)[C@H]2NC(=O)O. The second kappa shape index (κ2) is 6.02. The highest BCUT2D eigenvalue weighted by Crippen LogP contribution is 2.44. The number of fused-ring (bicyclic) bond motifs is 1. The van der Waals surface area contributed by atoms with Crippen LogP contribution in [-0.2, 0) is 10.0 Å². The molecule has 1 aromatic rings. The number of sulfonamides is 1. The van der Waals surface area contributed by atoms with Crippen LogP contribution in [0.2, 0.25) is 0 Å². The monoisotopic (exact) mass is 360 g/mol. The van der Waals surface area contributed by atoms with E-state index in [1.165, 1.54) is 19.2 Å². The van der Waals surface area contributed by atoms with Gasteiger partial charge in [-0.1, -0.05) is 0 Å². The van der Waals surface area contributed by atoms with Gasteiger partial charge in [-0.05, 0) is 19.9 Å². The summed E-state index contributed by atoms with van der Waals surface area (Å²) in [5, 5.41) is 21.7. The summed E-state index contributed by atoms with van der Waals surface area (Å²) in [7, 11) is -2.21. The fraction of sp³-hybridized carbons (Fsp3) is 0.500. The van der Waals surface area contributed by atoms with Crippen molar-refractivity contribution in [3.05, 3.63) is 17.7 Å². The number of hydrogen-bond acceptors (Lipinski definition) is 6. The van der Waals surface area contributed by atoms with Crippen LogP contribution in [0.5, 0.6) is 11.5 Å². The highest BCUT2D eigenvalue weighted by atomic mass is 32.2. The molecule has 2 atom stereocenters. The molecule has 0 spiro atoms. The van der Waals surface area contributed by atoms with Gasteiger partial charge in [0.2, 0.25) is 10.0 Å². The predicted octanol–water partition coefficient (Wildman–Crippen LogP) is 0.907. The zero-order valence-corrected chi connectivity index (χ0v) is 14.5. The first-order valence-electron chi connectivity index (χ1n) is 7.01. The summed E-state index contributed by atoms with van der Waals surface area (Å²) in [4.78, 5) is 11.1. The number of amides is 1. The molecule has 134 valence electrons. The quantitative estimate of drug-likeness (QED) is 0.627. The number of carboxylic acid groups (broad SMARTS) is 1. The van der Waals surface area contributed by atoms with E-state index < -0.39 is 33.9 Å². The molecule has 1 aliphatic rings. The van der Waals surface area contributed by atoms with Gasteiger partial charge < -0.3 is 25.0 Å². The van der Waals surface area contributed by atoms with Gasteiger partial charge in [-0.3, -0.25) is 4.72 Å². The van der Waals surface area contributed by atoms with E-state index in [2.05, 4.69) is 10.0 Å². The van der Waals surface area contributed by atoms with Crippen LogP contribution in [0.25, 0.3) is 0 Å². The van der Waals surface area contributed by atoms with Crippen molar-refractivity contribution in [2.45, 2.75) is 31.6 Å². The maximum absolute atomic E-state index is 11.5. The van der Waals surface area contributed by atoms with Gasteiger partial charge in [0.15, 0.2) is 0 Å². The van der Waals surface area contributed by atoms with Gasteiger partial charge in [-0.25, -0.2) is 13.2 Å². The Bertz CT molecular complexity index is 761. The molecule has 0 aromatic heterocycles. The number of methoxy groups -OCH3 is 1. The number of anilines is 1. The minimum atomic E-state index is -3.55. The Labute approximate surface area is 139 Å². The lowest BCUT2D eigenvalue weighted by Crippen LogP contribution is -2.53. The molecular formula is C14H20N2O7S. The number of aliphatic hydroxyl groups is 1. The Morgan fingerprint density at radius 3 is 2.50 bits per heavy atom. The lowest BCUT2D eigenvalue weighted by molar-refractivity contribution is -0.0631. The Kier molecular flexibility index (Phi) is 4.55. The molecule has 1 heterocycles. The fourth-order valence-corrected chi connectivity index (χ4v) is 3.12. The van der Waals surface area contributed by atoms with E-state index in [1.54, 1.807) is 13.8 Å². The van der Waals surface area contributed by atoms with Crippen LogP contribution >= 0.6 is 0 Å². The summed E-state index contributed by atoms with van der Waals surface area (Å²) < 4.78 is 36.2. The molecule has 0 saturated carbocycles. The molecule has 0 fully saturated rings. The lowest BCUT2D eigenvalue weighted by Gasteiger charge is -2.42. The standard InChI is InChI=1S/C14H20N2O7S/c1-14(2)12(17)11(15-13(18)19)7-5-10(22-3)8(6-9(7)23-14)16-24(4,20)21/h5-6,11-12,15-17H,1-4H3,(H,18,19)/t11-,12+/m0/s1. The zero-order chi connectivity index (χ0) is 18.3. The van der Waals surface area contributed by atoms with E-state index in [1.807, 2.05) is 0 Å². The topological polar surface area (TPSA) is 134 Å². The highest BCUT2D eigenvalue weighted by molar-refractivity contribution is 7.92. The largest absolute Gasteiger partial charge is 0.495 e. The second-order valence-corrected chi connectivity index (χ2v) is 7.79. The van der Waals surface area contributed by atoms with Gasteiger partial charge in [0.05, 0.1) is 25.1 Å². The average Bonchev–Trinajstić information content (AvgIpc) is 2.41. The first-order valence-corrected chi connectivity index (χ1v) is 8.90. The highest BCUT2D eigenvalue weighted by Gasteiger charge is 2.44. The van der Waals surface area contributed by atoms with Gasteiger partial charge in [-0.2, -0.15) is 0 Å². The molecule has 0 radical (unpaired) electrons. The van der Waals surface area contributed by atoms with Crippen LogP contribution in [0, 0.1) is 0 Å². The van der Waals surface area contributed by atoms with E-state index in [0.29, 0.717) is 5.56 Å². The Morgan fingerprint density at radius 1 is 1.38 bits per heavy atom. The van der Waals surface area contributed by atoms with Crippen molar-refractivity contribution < 1.29 is 32.9 Å². The van der Waals surface area contributed by atoms with Crippen molar-refractivity contribution >= 4 is 21.8 Å². The van der Waals surface area contributed by atoms with Gasteiger partial charge in [-0.15, -0.1) is 0 Å². The first-order chi connectivity index (χ1) is 10.9. The molecule has 2 rings (SSSR count). The summed E-state index contributed by atoms with van der Waals surface area (Å²) in [6, 6.07) is 1.88. The molecule has 0 saturated heterocycles. The van der Waals surface area contributed by atoms with E-state index >= 15 is 0 Å². The van der Waals surface area contributed by atoms with Crippen molar-refractivity contribution in [3.63, 3.8) is 0 Å². The molecule has 1 aliphatic heterocycles. The second-order valence-electron chi connectivity index (χ2n) is 6.04. The molecule has 10 heteroatoms. The third kappa shape index (κ3) is 3.65. The zero-order valence-electron chi connectivity index (χ0n) is 13.7. The van der Waals surface area contributed by atoms with Crippen molar-refractivity contribution in [2.75, 3.05) is 18.1 Å². The lowest BCUT2D eigenvalue weighted by atomic mass is 9.86. The number of rotatable bonds is 4. The Morgan fingerprint density at radius 2 is 2.00 bits per heavy atom. The molecule has 1 amide bonds. The molecule has 0 aliphatic carbocycles. The normalized spacial score (nSPS) is 22.0. The Hall–Kier alpha value is -2.20. The van der Waals surface area contributed by atoms with Crippen LogP contribution < -0.4 is 19.5 Å². The van der Waals surface area contributed by atoms with Crippen molar-refractivity contribution in [1.29, 1.82) is 0 Å². The van der Waals surface area contributed by atoms with Crippen LogP contribution in [0.1, 0.15) is 25.5 Å². The fourth-order valence-electron chi connectivity index (χ4n) is 2.56. The minimum absolute atomic E-state index is 0.153. The molecular weight excluding hydrogens is 340 g/mol. The summed E-state index contributed by atoms with van der Waals surface area (Å²) in [6.45, 7) is 3.20. The molecule has 1 aromatic carbocycles. The maximum atomic E-state index is 11.5. The first kappa shape index (κ1) is 18.1. The van der Waals surface area contributed by atoms with Crippen molar-refractivity contribution in [3.8, 4) is 11.5 Å². The number of hydrogen-bond donors (Lipinski definition) is 4. The average molecular weight is 360 g/mol. The summed E-state index contributed by atoms with van der Waals surface area (Å²) in [5.74, 6) is 0.419. The number of nitrogens with one attached hydrogen (secondary N) is 2. The van der Waals surface area contributed by atoms with Crippen molar-refractivity contribution in [2.24, 2.45) is 0 Å². The van der Waals surface area contributed by atoms with E-state index in [9.17, 15) is 18.3 Å². The summed E-state index contributed by atoms with van der Waals surface area (Å²) in [6.07, 6.45) is -1.46. The molecule has 4 N–H and O–H groups in total. The third-order valence-corrected chi connectivity index (χ3v) is 4.23. The maximum Gasteiger partial charge on any atom is 0.405 e. The minimum Gasteiger partial charge on any atom is -0.495 e. The molecule has 0 unspecified atom stereocenters. The van der Waals surface area contributed by atoms with Gasteiger partial charge in [0.25, 0.3) is 0 Å². The van der Waals surface area contributed by atoms with E-state index in [0.717, 1.165) is 6.26 Å². The van der Waals surface area contributed by atoms with Gasteiger partial charge >= 0.3 is 6.09 Å². The summed E-state index contributed by atoms with van der Waals surface area (Å²) in [5.41, 5.74) is -0.586. The molecule has 24 heavy (non-hydrogen) atoms. The predicted molar refractivity (Wildman–Crippen MR) is 86.1 cm³/mol. The smallest absolute Gasteiger partial charge is 0.405 e. The van der Waals surface area contributed by atoms with Gasteiger partial charge in [0.1, 0.15) is 23.2 Å². The van der Waals surface area contributed by atoms with Crippen LogP contribution in [0.4, 0.5) is 10.5 Å². The Balaban J connectivity index is 2.60. The number of carbonyl (C=O) groups is 1. The van der Waals surface area contributed by atoms with Crippen LogP contribution in [-0.4, -0.2) is 49.8 Å². The van der Waals surface area contributed by atoms with Crippen LogP contribution in [0.15, 0.2) is 12.1 Å². The summed E-state index contributed by atoms with van der Waals surface area (Å²) >= 11 is 0. The van der Waals surface area contributed by atoms with Crippen LogP contribution in [0.3, 0.4) is 0 Å². The van der Waals surface area contributed by atoms with E-state index in [-0.39, 0.29) is 17.2 Å². The van der Waals surface area contributed by atoms with E-state index in [4.69, 9.17) is 14.6 Å².